The SMILES string of the molecule is NCCc1cc(Br)ccc1OCC(F)F. The highest BCUT2D eigenvalue weighted by Gasteiger charge is 2.07. The molecule has 2 nitrogen and oxygen atoms in total. The number of halogens is 3. The maximum absolute atomic E-state index is 12.0. The molecule has 0 aliphatic rings. The predicted octanol–water partition coefficient (Wildman–Crippen LogP) is 2.59. The van der Waals surface area contributed by atoms with E-state index in [1.54, 1.807) is 12.1 Å². The Kier molecular flexibility index (Phi) is 4.98. The fourth-order valence-corrected chi connectivity index (χ4v) is 1.60. The third kappa shape index (κ3) is 4.13. The van der Waals surface area contributed by atoms with Crippen molar-refractivity contribution >= 4 is 15.9 Å². The van der Waals surface area contributed by atoms with Crippen LogP contribution in [0.5, 0.6) is 5.75 Å². The highest BCUT2D eigenvalue weighted by molar-refractivity contribution is 9.10. The molecule has 0 unspecified atom stereocenters. The lowest BCUT2D eigenvalue weighted by molar-refractivity contribution is 0.0814. The Bertz CT molecular complexity index is 320. The number of ether oxygens (including phenoxy) is 1. The number of hydrogen-bond acceptors (Lipinski definition) is 2. The molecule has 5 heteroatoms. The molecule has 1 aromatic carbocycles. The van der Waals surface area contributed by atoms with Crippen molar-refractivity contribution < 1.29 is 13.5 Å². The van der Waals surface area contributed by atoms with Gasteiger partial charge in [-0.3, -0.25) is 0 Å². The van der Waals surface area contributed by atoms with E-state index in [1.807, 2.05) is 6.07 Å². The van der Waals surface area contributed by atoms with Crippen LogP contribution in [0.3, 0.4) is 0 Å². The quantitative estimate of drug-likeness (QED) is 0.899. The minimum atomic E-state index is -2.46. The first-order chi connectivity index (χ1) is 7.13. The van der Waals surface area contributed by atoms with Gasteiger partial charge in [0.25, 0.3) is 6.43 Å². The third-order valence-corrected chi connectivity index (χ3v) is 2.29. The zero-order chi connectivity index (χ0) is 11.3. The highest BCUT2D eigenvalue weighted by Crippen LogP contribution is 2.23. The Labute approximate surface area is 95.5 Å². The van der Waals surface area contributed by atoms with Gasteiger partial charge in [0.1, 0.15) is 12.4 Å². The summed E-state index contributed by atoms with van der Waals surface area (Å²) in [5, 5.41) is 0. The minimum absolute atomic E-state index is 0.460. The number of rotatable bonds is 5. The van der Waals surface area contributed by atoms with Gasteiger partial charge in [0, 0.05) is 4.47 Å². The van der Waals surface area contributed by atoms with Gasteiger partial charge >= 0.3 is 0 Å². The van der Waals surface area contributed by atoms with Gasteiger partial charge in [-0.2, -0.15) is 0 Å². The van der Waals surface area contributed by atoms with E-state index < -0.39 is 13.0 Å². The lowest BCUT2D eigenvalue weighted by Gasteiger charge is -2.10. The molecular formula is C10H12BrF2NO. The van der Waals surface area contributed by atoms with E-state index in [1.165, 1.54) is 0 Å². The Morgan fingerprint density at radius 1 is 1.40 bits per heavy atom. The van der Waals surface area contributed by atoms with Crippen LogP contribution in [-0.2, 0) is 6.42 Å². The fourth-order valence-electron chi connectivity index (χ4n) is 1.19. The molecule has 0 aromatic heterocycles. The minimum Gasteiger partial charge on any atom is -0.487 e. The van der Waals surface area contributed by atoms with Crippen LogP contribution in [0.4, 0.5) is 8.78 Å². The van der Waals surface area contributed by atoms with E-state index >= 15 is 0 Å². The van der Waals surface area contributed by atoms with E-state index in [-0.39, 0.29) is 0 Å². The van der Waals surface area contributed by atoms with Crippen molar-refractivity contribution in [2.45, 2.75) is 12.8 Å². The monoisotopic (exact) mass is 279 g/mol. The second-order valence-corrected chi connectivity index (χ2v) is 3.91. The molecule has 0 radical (unpaired) electrons. The van der Waals surface area contributed by atoms with Gasteiger partial charge in [-0.05, 0) is 36.7 Å². The van der Waals surface area contributed by atoms with Crippen molar-refractivity contribution in [1.82, 2.24) is 0 Å². The molecule has 0 bridgehead atoms. The van der Waals surface area contributed by atoms with Gasteiger partial charge in [0.2, 0.25) is 0 Å². The summed E-state index contributed by atoms with van der Waals surface area (Å²) >= 11 is 3.30. The van der Waals surface area contributed by atoms with Gasteiger partial charge < -0.3 is 10.5 Å². The summed E-state index contributed by atoms with van der Waals surface area (Å²) in [4.78, 5) is 0. The van der Waals surface area contributed by atoms with E-state index in [0.29, 0.717) is 18.7 Å². The summed E-state index contributed by atoms with van der Waals surface area (Å²) < 4.78 is 29.8. The van der Waals surface area contributed by atoms with Crippen LogP contribution in [0.25, 0.3) is 0 Å². The van der Waals surface area contributed by atoms with Crippen LogP contribution in [0.2, 0.25) is 0 Å². The normalized spacial score (nSPS) is 10.7. The first-order valence-electron chi connectivity index (χ1n) is 4.53. The van der Waals surface area contributed by atoms with Gasteiger partial charge in [-0.15, -0.1) is 0 Å². The second kappa shape index (κ2) is 6.02. The van der Waals surface area contributed by atoms with Crippen LogP contribution in [-0.4, -0.2) is 19.6 Å². The molecule has 0 atom stereocenters. The molecule has 1 rings (SSSR count). The molecule has 15 heavy (non-hydrogen) atoms. The van der Waals surface area contributed by atoms with Gasteiger partial charge in [-0.1, -0.05) is 15.9 Å². The summed E-state index contributed by atoms with van der Waals surface area (Å²) in [6.07, 6.45) is -1.85. The predicted molar refractivity (Wildman–Crippen MR) is 58.4 cm³/mol. The standard InChI is InChI=1S/C10H12BrF2NO/c11-8-1-2-9(15-6-10(12)13)7(5-8)3-4-14/h1-2,5,10H,3-4,6,14H2. The summed E-state index contributed by atoms with van der Waals surface area (Å²) in [6.45, 7) is -0.124. The highest BCUT2D eigenvalue weighted by atomic mass is 79.9. The topological polar surface area (TPSA) is 35.2 Å². The largest absolute Gasteiger partial charge is 0.487 e. The summed E-state index contributed by atoms with van der Waals surface area (Å²) in [6, 6.07) is 5.24. The first kappa shape index (κ1) is 12.4. The Morgan fingerprint density at radius 3 is 2.73 bits per heavy atom. The fraction of sp³-hybridized carbons (Fsp3) is 0.400. The zero-order valence-electron chi connectivity index (χ0n) is 8.05. The second-order valence-electron chi connectivity index (χ2n) is 2.99. The average molecular weight is 280 g/mol. The Hall–Kier alpha value is -0.680. The molecule has 84 valence electrons. The van der Waals surface area contributed by atoms with Gasteiger partial charge in [0.05, 0.1) is 0 Å². The van der Waals surface area contributed by atoms with Crippen LogP contribution in [0, 0.1) is 0 Å². The van der Waals surface area contributed by atoms with Crippen LogP contribution in [0.1, 0.15) is 5.56 Å². The lowest BCUT2D eigenvalue weighted by atomic mass is 10.1. The van der Waals surface area contributed by atoms with E-state index in [2.05, 4.69) is 15.9 Å². The summed E-state index contributed by atoms with van der Waals surface area (Å²) in [5.41, 5.74) is 6.26. The molecule has 0 amide bonds. The number of alkyl halides is 2. The van der Waals surface area contributed by atoms with Crippen molar-refractivity contribution in [3.8, 4) is 5.75 Å². The Balaban J connectivity index is 2.76. The summed E-state index contributed by atoms with van der Waals surface area (Å²) in [7, 11) is 0. The smallest absolute Gasteiger partial charge is 0.272 e. The van der Waals surface area contributed by atoms with E-state index in [0.717, 1.165) is 10.0 Å². The molecule has 2 N–H and O–H groups in total. The van der Waals surface area contributed by atoms with Gasteiger partial charge in [0.15, 0.2) is 0 Å². The lowest BCUT2D eigenvalue weighted by Crippen LogP contribution is -2.10. The van der Waals surface area contributed by atoms with Crippen LogP contribution in [0.15, 0.2) is 22.7 Å². The van der Waals surface area contributed by atoms with E-state index in [9.17, 15) is 8.78 Å². The van der Waals surface area contributed by atoms with Gasteiger partial charge in [-0.25, -0.2) is 8.78 Å². The number of nitrogens with two attached hydrogens (primary N) is 1. The molecule has 0 heterocycles. The third-order valence-electron chi connectivity index (χ3n) is 1.80. The number of hydrogen-bond donors (Lipinski definition) is 1. The first-order valence-corrected chi connectivity index (χ1v) is 5.32. The van der Waals surface area contributed by atoms with Crippen molar-refractivity contribution in [3.63, 3.8) is 0 Å². The molecule has 1 aromatic rings. The van der Waals surface area contributed by atoms with Crippen molar-refractivity contribution in [1.29, 1.82) is 0 Å². The van der Waals surface area contributed by atoms with Crippen molar-refractivity contribution in [2.24, 2.45) is 5.73 Å². The molecule has 0 fully saturated rings. The molecule has 0 aliphatic heterocycles. The number of benzene rings is 1. The Morgan fingerprint density at radius 2 is 2.13 bits per heavy atom. The van der Waals surface area contributed by atoms with Crippen LogP contribution < -0.4 is 10.5 Å². The zero-order valence-corrected chi connectivity index (χ0v) is 9.64. The molecule has 0 aliphatic carbocycles. The van der Waals surface area contributed by atoms with Crippen molar-refractivity contribution in [2.75, 3.05) is 13.2 Å². The van der Waals surface area contributed by atoms with Crippen LogP contribution >= 0.6 is 15.9 Å². The maximum Gasteiger partial charge on any atom is 0.272 e. The van der Waals surface area contributed by atoms with E-state index in [4.69, 9.17) is 10.5 Å². The van der Waals surface area contributed by atoms with Crippen molar-refractivity contribution in [3.05, 3.63) is 28.2 Å². The average Bonchev–Trinajstić information content (AvgIpc) is 2.17. The molecule has 0 saturated heterocycles. The molecular weight excluding hydrogens is 268 g/mol. The summed E-state index contributed by atoms with van der Waals surface area (Å²) in [5.74, 6) is 0.476. The maximum atomic E-state index is 12.0. The molecule has 0 spiro atoms. The molecule has 0 saturated carbocycles.